The normalized spacial score (nSPS) is 30.6. The fourth-order valence-corrected chi connectivity index (χ4v) is 7.21. The summed E-state index contributed by atoms with van der Waals surface area (Å²) in [5, 5.41) is 12.4. The Morgan fingerprint density at radius 1 is 1.16 bits per heavy atom. The highest BCUT2D eigenvalue weighted by Gasteiger charge is 2.61. The Kier molecular flexibility index (Phi) is 4.58. The van der Waals surface area contributed by atoms with Crippen LogP contribution in [0.5, 0.6) is 0 Å². The fourth-order valence-electron chi connectivity index (χ4n) is 6.95. The van der Waals surface area contributed by atoms with Crippen LogP contribution in [0.1, 0.15) is 49.7 Å². The van der Waals surface area contributed by atoms with Crippen LogP contribution < -0.4 is 5.32 Å². The van der Waals surface area contributed by atoms with Gasteiger partial charge in [0.15, 0.2) is 5.82 Å². The number of carbonyl (C=O) groups is 1. The standard InChI is InChI=1S/C24H27BrN6O/c1-16-4-2-3-5-19(16)13-30-7-6-20(28-30)27-21(32)23-9-17-8-18(10-23)12-24(11-17,14-23)31-15-26-22(25)29-31/h2-7,15,17-18H,8-14H2,1H3,(H,27,28,32). The van der Waals surface area contributed by atoms with Gasteiger partial charge in [-0.3, -0.25) is 9.48 Å². The SMILES string of the molecule is Cc1ccccc1Cn1ccc(NC(=O)C23CC4CC(C2)CC(n2cnc(Br)n2)(C4)C3)n1. The predicted molar refractivity (Wildman–Crippen MR) is 124 cm³/mol. The first-order valence-electron chi connectivity index (χ1n) is 11.4. The van der Waals surface area contributed by atoms with E-state index in [-0.39, 0.29) is 16.9 Å². The third kappa shape index (κ3) is 3.31. The van der Waals surface area contributed by atoms with Crippen molar-refractivity contribution in [1.29, 1.82) is 0 Å². The lowest BCUT2D eigenvalue weighted by Crippen LogP contribution is -2.60. The van der Waals surface area contributed by atoms with E-state index in [1.54, 1.807) is 0 Å². The summed E-state index contributed by atoms with van der Waals surface area (Å²) in [6.45, 7) is 2.81. The molecule has 7 nitrogen and oxygen atoms in total. The van der Waals surface area contributed by atoms with E-state index in [1.165, 1.54) is 17.5 Å². The van der Waals surface area contributed by atoms with Crippen LogP contribution >= 0.6 is 15.9 Å². The van der Waals surface area contributed by atoms with E-state index >= 15 is 0 Å². The molecule has 2 atom stereocenters. The van der Waals surface area contributed by atoms with Gasteiger partial charge in [-0.1, -0.05) is 24.3 Å². The quantitative estimate of drug-likeness (QED) is 0.565. The van der Waals surface area contributed by atoms with Crippen molar-refractivity contribution in [3.8, 4) is 0 Å². The number of hydrogen-bond acceptors (Lipinski definition) is 4. The number of benzene rings is 1. The largest absolute Gasteiger partial charge is 0.309 e. The Labute approximate surface area is 195 Å². The van der Waals surface area contributed by atoms with Crippen LogP contribution in [0.4, 0.5) is 5.82 Å². The molecule has 1 amide bonds. The number of hydrogen-bond donors (Lipinski definition) is 1. The van der Waals surface area contributed by atoms with Gasteiger partial charge < -0.3 is 5.32 Å². The predicted octanol–water partition coefficient (Wildman–Crippen LogP) is 4.53. The van der Waals surface area contributed by atoms with Gasteiger partial charge in [0.05, 0.1) is 17.5 Å². The van der Waals surface area contributed by atoms with Crippen LogP contribution in [0.2, 0.25) is 0 Å². The van der Waals surface area contributed by atoms with Crippen molar-refractivity contribution in [1.82, 2.24) is 24.5 Å². The minimum Gasteiger partial charge on any atom is -0.309 e. The van der Waals surface area contributed by atoms with Crippen molar-refractivity contribution in [2.45, 2.75) is 57.5 Å². The highest BCUT2D eigenvalue weighted by Crippen LogP contribution is 2.64. The van der Waals surface area contributed by atoms with Gasteiger partial charge in [0.2, 0.25) is 10.6 Å². The minimum atomic E-state index is -0.345. The number of nitrogens with one attached hydrogen (secondary N) is 1. The fraction of sp³-hybridized carbons (Fsp3) is 0.500. The topological polar surface area (TPSA) is 77.6 Å². The number of halogens is 1. The lowest BCUT2D eigenvalue weighted by molar-refractivity contribution is -0.150. The molecule has 7 rings (SSSR count). The number of carbonyl (C=O) groups excluding carboxylic acids is 1. The third-order valence-corrected chi connectivity index (χ3v) is 8.30. The summed E-state index contributed by atoms with van der Waals surface area (Å²) in [5.74, 6) is 1.90. The smallest absolute Gasteiger partial charge is 0.231 e. The zero-order valence-electron chi connectivity index (χ0n) is 18.2. The van der Waals surface area contributed by atoms with Crippen LogP contribution in [0.15, 0.2) is 47.6 Å². The van der Waals surface area contributed by atoms with E-state index in [1.807, 2.05) is 40.1 Å². The molecule has 8 heteroatoms. The molecule has 32 heavy (non-hydrogen) atoms. The Morgan fingerprint density at radius 2 is 1.94 bits per heavy atom. The molecule has 0 radical (unpaired) electrons. The van der Waals surface area contributed by atoms with E-state index in [0.29, 0.717) is 28.9 Å². The number of anilines is 1. The third-order valence-electron chi connectivity index (χ3n) is 7.94. The molecule has 166 valence electrons. The van der Waals surface area contributed by atoms with Gasteiger partial charge in [-0.2, -0.15) is 5.10 Å². The molecule has 1 N–H and O–H groups in total. The summed E-state index contributed by atoms with van der Waals surface area (Å²) in [5.41, 5.74) is 2.04. The highest BCUT2D eigenvalue weighted by molar-refractivity contribution is 9.10. The Balaban J connectivity index is 1.22. The van der Waals surface area contributed by atoms with Gasteiger partial charge >= 0.3 is 0 Å². The molecule has 2 unspecified atom stereocenters. The first-order chi connectivity index (χ1) is 15.4. The highest BCUT2D eigenvalue weighted by atomic mass is 79.9. The summed E-state index contributed by atoms with van der Waals surface area (Å²) >= 11 is 3.40. The summed E-state index contributed by atoms with van der Waals surface area (Å²) in [4.78, 5) is 18.0. The molecule has 3 aromatic rings. The van der Waals surface area contributed by atoms with Crippen LogP contribution in [0.3, 0.4) is 0 Å². The Morgan fingerprint density at radius 3 is 2.66 bits per heavy atom. The molecule has 4 aliphatic carbocycles. The molecule has 4 bridgehead atoms. The maximum Gasteiger partial charge on any atom is 0.231 e. The number of aryl methyl sites for hydroxylation is 1. The van der Waals surface area contributed by atoms with E-state index in [9.17, 15) is 4.79 Å². The molecule has 2 heterocycles. The van der Waals surface area contributed by atoms with Crippen molar-refractivity contribution in [2.75, 3.05) is 5.32 Å². The van der Waals surface area contributed by atoms with Gasteiger partial charge in [-0.15, -0.1) is 5.10 Å². The first kappa shape index (κ1) is 20.1. The molecule has 0 spiro atoms. The maximum atomic E-state index is 13.7. The van der Waals surface area contributed by atoms with Crippen molar-refractivity contribution < 1.29 is 4.79 Å². The molecule has 2 aromatic heterocycles. The number of amides is 1. The molecule has 4 fully saturated rings. The van der Waals surface area contributed by atoms with E-state index in [4.69, 9.17) is 0 Å². The van der Waals surface area contributed by atoms with Crippen molar-refractivity contribution >= 4 is 27.7 Å². The van der Waals surface area contributed by atoms with Crippen LogP contribution in [-0.2, 0) is 16.9 Å². The van der Waals surface area contributed by atoms with Gasteiger partial charge in [0, 0.05) is 12.3 Å². The number of aromatic nitrogens is 5. The summed E-state index contributed by atoms with van der Waals surface area (Å²) in [7, 11) is 0. The maximum absolute atomic E-state index is 13.7. The zero-order valence-corrected chi connectivity index (χ0v) is 19.8. The summed E-state index contributed by atoms with van der Waals surface area (Å²) in [6, 6.07) is 10.2. The lowest BCUT2D eigenvalue weighted by Gasteiger charge is -2.60. The summed E-state index contributed by atoms with van der Waals surface area (Å²) in [6.07, 6.45) is 9.97. The zero-order chi connectivity index (χ0) is 21.9. The van der Waals surface area contributed by atoms with Crippen LogP contribution in [0, 0.1) is 24.2 Å². The number of rotatable bonds is 5. The molecule has 4 aliphatic rings. The molecular formula is C24H27BrN6O. The minimum absolute atomic E-state index is 0.0926. The molecular weight excluding hydrogens is 468 g/mol. The average molecular weight is 495 g/mol. The van der Waals surface area contributed by atoms with Crippen molar-refractivity contribution in [3.05, 3.63) is 58.7 Å². The van der Waals surface area contributed by atoms with Gasteiger partial charge in [0.25, 0.3) is 0 Å². The molecule has 0 aliphatic heterocycles. The molecule has 0 saturated heterocycles. The van der Waals surface area contributed by atoms with E-state index < -0.39 is 0 Å². The molecule has 4 saturated carbocycles. The van der Waals surface area contributed by atoms with E-state index in [0.717, 1.165) is 32.1 Å². The Hall–Kier alpha value is -2.48. The molecule has 1 aromatic carbocycles. The van der Waals surface area contributed by atoms with Gasteiger partial charge in [-0.05, 0) is 84.3 Å². The second-order valence-corrected chi connectivity index (χ2v) is 10.9. The number of nitrogens with zero attached hydrogens (tertiary/aromatic N) is 5. The summed E-state index contributed by atoms with van der Waals surface area (Å²) < 4.78 is 4.55. The van der Waals surface area contributed by atoms with Crippen molar-refractivity contribution in [2.24, 2.45) is 17.3 Å². The second-order valence-electron chi connectivity index (χ2n) is 10.2. The van der Waals surface area contributed by atoms with Crippen LogP contribution in [0.25, 0.3) is 0 Å². The lowest BCUT2D eigenvalue weighted by atomic mass is 9.46. The van der Waals surface area contributed by atoms with Gasteiger partial charge in [0.1, 0.15) is 6.33 Å². The van der Waals surface area contributed by atoms with E-state index in [2.05, 4.69) is 55.5 Å². The second kappa shape index (κ2) is 7.27. The van der Waals surface area contributed by atoms with Gasteiger partial charge in [-0.25, -0.2) is 9.67 Å². The monoisotopic (exact) mass is 494 g/mol. The Bertz CT molecular complexity index is 1170. The average Bonchev–Trinajstić information content (AvgIpc) is 3.38. The van der Waals surface area contributed by atoms with Crippen molar-refractivity contribution in [3.63, 3.8) is 0 Å². The first-order valence-corrected chi connectivity index (χ1v) is 12.2. The van der Waals surface area contributed by atoms with Crippen LogP contribution in [-0.4, -0.2) is 30.5 Å².